The van der Waals surface area contributed by atoms with Gasteiger partial charge in [0.15, 0.2) is 0 Å². The highest BCUT2D eigenvalue weighted by Gasteiger charge is 2.35. The Morgan fingerprint density at radius 1 is 1.44 bits per heavy atom. The van der Waals surface area contributed by atoms with Crippen molar-refractivity contribution >= 4 is 5.91 Å². The Morgan fingerprint density at radius 3 is 2.50 bits per heavy atom. The molecule has 94 valence electrons. The van der Waals surface area contributed by atoms with E-state index in [0.29, 0.717) is 0 Å². The molecule has 0 aromatic rings. The largest absolute Gasteiger partial charge is 0.394 e. The predicted octanol–water partition coefficient (Wildman–Crippen LogP) is 0.733. The molecule has 0 saturated heterocycles. The monoisotopic (exact) mass is 228 g/mol. The molecule has 1 amide bonds. The number of nitrogens with two attached hydrogens (primary N) is 1. The summed E-state index contributed by atoms with van der Waals surface area (Å²) in [5, 5.41) is 9.25. The Hall–Kier alpha value is -0.610. The van der Waals surface area contributed by atoms with Crippen molar-refractivity contribution in [3.05, 3.63) is 0 Å². The first-order valence-corrected chi connectivity index (χ1v) is 6.04. The van der Waals surface area contributed by atoms with E-state index in [0.717, 1.165) is 25.7 Å². The lowest BCUT2D eigenvalue weighted by Gasteiger charge is -2.38. The zero-order chi connectivity index (χ0) is 12.3. The fourth-order valence-corrected chi connectivity index (χ4v) is 2.12. The summed E-state index contributed by atoms with van der Waals surface area (Å²) < 4.78 is 0. The van der Waals surface area contributed by atoms with Crippen molar-refractivity contribution in [2.75, 3.05) is 13.7 Å². The van der Waals surface area contributed by atoms with Crippen molar-refractivity contribution in [3.8, 4) is 0 Å². The molecule has 1 fully saturated rings. The number of nitrogens with zero attached hydrogens (tertiary/aromatic N) is 1. The molecule has 1 aliphatic carbocycles. The van der Waals surface area contributed by atoms with Gasteiger partial charge in [0.2, 0.25) is 5.91 Å². The molecule has 1 rings (SSSR count). The average molecular weight is 228 g/mol. The second-order valence-corrected chi connectivity index (χ2v) is 5.42. The molecule has 1 saturated carbocycles. The van der Waals surface area contributed by atoms with E-state index in [1.807, 2.05) is 13.8 Å². The Labute approximate surface area is 97.8 Å². The molecule has 0 radical (unpaired) electrons. The third-order valence-corrected chi connectivity index (χ3v) is 3.76. The summed E-state index contributed by atoms with van der Waals surface area (Å²) in [6.45, 7) is 3.69. The van der Waals surface area contributed by atoms with Crippen LogP contribution >= 0.6 is 0 Å². The summed E-state index contributed by atoms with van der Waals surface area (Å²) in [7, 11) is 1.75. The van der Waals surface area contributed by atoms with Gasteiger partial charge in [-0.05, 0) is 26.7 Å². The third-order valence-electron chi connectivity index (χ3n) is 3.76. The lowest BCUT2D eigenvalue weighted by Crippen LogP contribution is -2.53. The molecule has 3 N–H and O–H groups in total. The maximum absolute atomic E-state index is 12.2. The smallest absolute Gasteiger partial charge is 0.227 e. The van der Waals surface area contributed by atoms with Gasteiger partial charge in [-0.15, -0.1) is 0 Å². The SMILES string of the molecule is CN(C(=O)C1CCCCC1N)C(C)(C)CO. The minimum absolute atomic E-state index is 0.0156. The lowest BCUT2D eigenvalue weighted by atomic mass is 9.83. The van der Waals surface area contributed by atoms with Gasteiger partial charge in [-0.25, -0.2) is 0 Å². The van der Waals surface area contributed by atoms with Crippen molar-refractivity contribution in [1.82, 2.24) is 4.90 Å². The maximum Gasteiger partial charge on any atom is 0.227 e. The second-order valence-electron chi connectivity index (χ2n) is 5.42. The van der Waals surface area contributed by atoms with Gasteiger partial charge in [0.05, 0.1) is 18.1 Å². The zero-order valence-corrected chi connectivity index (χ0v) is 10.6. The highest BCUT2D eigenvalue weighted by Crippen LogP contribution is 2.26. The van der Waals surface area contributed by atoms with E-state index in [1.54, 1.807) is 11.9 Å². The first-order chi connectivity index (χ1) is 7.40. The number of amides is 1. The molecule has 4 heteroatoms. The average Bonchev–Trinajstić information content (AvgIpc) is 2.27. The molecular weight excluding hydrogens is 204 g/mol. The summed E-state index contributed by atoms with van der Waals surface area (Å²) in [4.78, 5) is 13.9. The number of hydrogen-bond acceptors (Lipinski definition) is 3. The minimum atomic E-state index is -0.506. The van der Waals surface area contributed by atoms with E-state index in [4.69, 9.17) is 5.73 Å². The number of hydrogen-bond donors (Lipinski definition) is 2. The van der Waals surface area contributed by atoms with E-state index in [9.17, 15) is 9.90 Å². The number of aliphatic hydroxyl groups excluding tert-OH is 1. The normalized spacial score (nSPS) is 26.6. The predicted molar refractivity (Wildman–Crippen MR) is 63.9 cm³/mol. The molecule has 0 aliphatic heterocycles. The van der Waals surface area contributed by atoms with E-state index in [-0.39, 0.29) is 24.5 Å². The highest BCUT2D eigenvalue weighted by atomic mass is 16.3. The van der Waals surface area contributed by atoms with Gasteiger partial charge >= 0.3 is 0 Å². The molecule has 16 heavy (non-hydrogen) atoms. The second kappa shape index (κ2) is 5.15. The van der Waals surface area contributed by atoms with Crippen LogP contribution in [-0.2, 0) is 4.79 Å². The van der Waals surface area contributed by atoms with E-state index in [1.165, 1.54) is 0 Å². The molecule has 0 bridgehead atoms. The van der Waals surface area contributed by atoms with Crippen LogP contribution in [0.15, 0.2) is 0 Å². The molecule has 4 nitrogen and oxygen atoms in total. The van der Waals surface area contributed by atoms with Gasteiger partial charge < -0.3 is 15.7 Å². The fourth-order valence-electron chi connectivity index (χ4n) is 2.12. The highest BCUT2D eigenvalue weighted by molar-refractivity contribution is 5.80. The van der Waals surface area contributed by atoms with Gasteiger partial charge in [0.25, 0.3) is 0 Å². The minimum Gasteiger partial charge on any atom is -0.394 e. The fraction of sp³-hybridized carbons (Fsp3) is 0.917. The van der Waals surface area contributed by atoms with Crippen molar-refractivity contribution < 1.29 is 9.90 Å². The van der Waals surface area contributed by atoms with Crippen LogP contribution in [0.5, 0.6) is 0 Å². The van der Waals surface area contributed by atoms with Crippen LogP contribution in [0.25, 0.3) is 0 Å². The molecule has 1 aliphatic rings. The topological polar surface area (TPSA) is 66.6 Å². The number of carbonyl (C=O) groups excluding carboxylic acids is 1. The summed E-state index contributed by atoms with van der Waals surface area (Å²) in [6.07, 6.45) is 4.02. The van der Waals surface area contributed by atoms with E-state index >= 15 is 0 Å². The van der Waals surface area contributed by atoms with Crippen molar-refractivity contribution in [2.45, 2.75) is 51.1 Å². The first kappa shape index (κ1) is 13.5. The summed E-state index contributed by atoms with van der Waals surface area (Å²) in [5.41, 5.74) is 5.49. The number of carbonyl (C=O) groups is 1. The number of likely N-dealkylation sites (N-methyl/N-ethyl adjacent to an activating group) is 1. The van der Waals surface area contributed by atoms with Crippen LogP contribution in [0.3, 0.4) is 0 Å². The molecule has 0 aromatic carbocycles. The van der Waals surface area contributed by atoms with E-state index < -0.39 is 5.54 Å². The first-order valence-electron chi connectivity index (χ1n) is 6.04. The zero-order valence-electron chi connectivity index (χ0n) is 10.6. The Balaban J connectivity index is 2.69. The van der Waals surface area contributed by atoms with Crippen LogP contribution in [0.4, 0.5) is 0 Å². The van der Waals surface area contributed by atoms with Crippen molar-refractivity contribution in [1.29, 1.82) is 0 Å². The van der Waals surface area contributed by atoms with Crippen LogP contribution in [-0.4, -0.2) is 41.1 Å². The lowest BCUT2D eigenvalue weighted by molar-refractivity contribution is -0.142. The standard InChI is InChI=1S/C12H24N2O2/c1-12(2,8-15)14(3)11(16)9-6-4-5-7-10(9)13/h9-10,15H,4-8,13H2,1-3H3. The van der Waals surface area contributed by atoms with Gasteiger partial charge in [-0.3, -0.25) is 4.79 Å². The van der Waals surface area contributed by atoms with Crippen LogP contribution < -0.4 is 5.73 Å². The summed E-state index contributed by atoms with van der Waals surface area (Å²) in [6, 6.07) is -0.0156. The Bertz CT molecular complexity index is 249. The van der Waals surface area contributed by atoms with Crippen molar-refractivity contribution in [3.63, 3.8) is 0 Å². The molecule has 0 heterocycles. The van der Waals surface area contributed by atoms with Gasteiger partial charge in [0, 0.05) is 13.1 Å². The van der Waals surface area contributed by atoms with Gasteiger partial charge in [-0.2, -0.15) is 0 Å². The molecule has 2 unspecified atom stereocenters. The van der Waals surface area contributed by atoms with Crippen LogP contribution in [0.1, 0.15) is 39.5 Å². The number of rotatable bonds is 3. The third kappa shape index (κ3) is 2.74. The van der Waals surface area contributed by atoms with Crippen LogP contribution in [0, 0.1) is 5.92 Å². The van der Waals surface area contributed by atoms with Crippen molar-refractivity contribution in [2.24, 2.45) is 11.7 Å². The Kier molecular flexibility index (Phi) is 4.33. The van der Waals surface area contributed by atoms with Gasteiger partial charge in [0.1, 0.15) is 0 Å². The van der Waals surface area contributed by atoms with Crippen LogP contribution in [0.2, 0.25) is 0 Å². The quantitative estimate of drug-likeness (QED) is 0.748. The summed E-state index contributed by atoms with van der Waals surface area (Å²) >= 11 is 0. The number of aliphatic hydroxyl groups is 1. The summed E-state index contributed by atoms with van der Waals surface area (Å²) in [5.74, 6) is 0.0100. The molecule has 2 atom stereocenters. The van der Waals surface area contributed by atoms with E-state index in [2.05, 4.69) is 0 Å². The Morgan fingerprint density at radius 2 is 2.00 bits per heavy atom. The van der Waals surface area contributed by atoms with Gasteiger partial charge in [-0.1, -0.05) is 12.8 Å². The molecular formula is C12H24N2O2. The molecule has 0 aromatic heterocycles. The maximum atomic E-state index is 12.2. The molecule has 0 spiro atoms.